The molecule has 16 heavy (non-hydrogen) atoms. The summed E-state index contributed by atoms with van der Waals surface area (Å²) >= 11 is 0. The van der Waals surface area contributed by atoms with Crippen LogP contribution in [0.3, 0.4) is 0 Å². The summed E-state index contributed by atoms with van der Waals surface area (Å²) in [5.41, 5.74) is 13.0. The van der Waals surface area contributed by atoms with Gasteiger partial charge in [0, 0.05) is 36.2 Å². The Bertz CT molecular complexity index is 444. The molecule has 0 radical (unpaired) electrons. The van der Waals surface area contributed by atoms with Gasteiger partial charge in [0.1, 0.15) is 0 Å². The topological polar surface area (TPSA) is 77.8 Å². The Balaban J connectivity index is 2.09. The van der Waals surface area contributed by atoms with Crippen molar-refractivity contribution in [3.05, 3.63) is 36.9 Å². The highest BCUT2D eigenvalue weighted by atomic mass is 33.1. The van der Waals surface area contributed by atoms with Crippen molar-refractivity contribution in [3.63, 3.8) is 0 Å². The van der Waals surface area contributed by atoms with Gasteiger partial charge in [-0.25, -0.2) is 0 Å². The molecule has 0 bridgehead atoms. The first-order valence-corrected chi connectivity index (χ1v) is 6.66. The van der Waals surface area contributed by atoms with Crippen LogP contribution in [0.25, 0.3) is 0 Å². The largest absolute Gasteiger partial charge is 0.398 e. The Kier molecular flexibility index (Phi) is 3.53. The highest BCUT2D eigenvalue weighted by molar-refractivity contribution is 8.76. The molecule has 0 aliphatic rings. The number of anilines is 2. The van der Waals surface area contributed by atoms with Crippen molar-refractivity contribution in [2.24, 2.45) is 0 Å². The second-order valence-electron chi connectivity index (χ2n) is 2.99. The molecule has 0 atom stereocenters. The third kappa shape index (κ3) is 2.59. The summed E-state index contributed by atoms with van der Waals surface area (Å²) in [5, 5.41) is 0. The molecule has 4 N–H and O–H groups in total. The quantitative estimate of drug-likeness (QED) is 0.815. The first-order chi connectivity index (χ1) is 7.77. The summed E-state index contributed by atoms with van der Waals surface area (Å²) in [6, 6.07) is 3.55. The number of rotatable bonds is 3. The first kappa shape index (κ1) is 11.1. The van der Waals surface area contributed by atoms with E-state index in [-0.39, 0.29) is 0 Å². The van der Waals surface area contributed by atoms with E-state index in [2.05, 4.69) is 9.97 Å². The van der Waals surface area contributed by atoms with Gasteiger partial charge in [-0.1, -0.05) is 0 Å². The van der Waals surface area contributed by atoms with Crippen LogP contribution < -0.4 is 11.5 Å². The molecule has 6 heteroatoms. The van der Waals surface area contributed by atoms with Crippen LogP contribution in [0.15, 0.2) is 46.7 Å². The van der Waals surface area contributed by atoms with Crippen LogP contribution in [0.4, 0.5) is 11.4 Å². The Hall–Kier alpha value is -1.40. The van der Waals surface area contributed by atoms with Crippen LogP contribution in [-0.2, 0) is 0 Å². The van der Waals surface area contributed by atoms with Crippen molar-refractivity contribution in [1.82, 2.24) is 9.97 Å². The predicted octanol–water partition coefficient (Wildman–Crippen LogP) is 2.44. The highest BCUT2D eigenvalue weighted by Crippen LogP contribution is 2.41. The van der Waals surface area contributed by atoms with Gasteiger partial charge < -0.3 is 11.5 Å². The summed E-state index contributed by atoms with van der Waals surface area (Å²) in [4.78, 5) is 9.89. The van der Waals surface area contributed by atoms with Crippen LogP contribution in [0.5, 0.6) is 0 Å². The molecule has 0 spiro atoms. The van der Waals surface area contributed by atoms with Gasteiger partial charge in [0.2, 0.25) is 0 Å². The van der Waals surface area contributed by atoms with Crippen molar-refractivity contribution in [3.8, 4) is 0 Å². The second-order valence-corrected chi connectivity index (χ2v) is 5.21. The van der Waals surface area contributed by atoms with Crippen LogP contribution in [-0.4, -0.2) is 9.97 Å². The van der Waals surface area contributed by atoms with Gasteiger partial charge in [0.05, 0.1) is 9.79 Å². The van der Waals surface area contributed by atoms with E-state index in [4.69, 9.17) is 11.5 Å². The lowest BCUT2D eigenvalue weighted by Crippen LogP contribution is -1.89. The summed E-state index contributed by atoms with van der Waals surface area (Å²) in [6.45, 7) is 0. The first-order valence-electron chi connectivity index (χ1n) is 4.51. The zero-order valence-electron chi connectivity index (χ0n) is 8.33. The third-order valence-corrected chi connectivity index (χ3v) is 4.31. The number of hydrogen-bond donors (Lipinski definition) is 2. The molecular weight excluding hydrogens is 240 g/mol. The third-order valence-electron chi connectivity index (χ3n) is 1.85. The zero-order chi connectivity index (χ0) is 11.4. The van der Waals surface area contributed by atoms with E-state index in [1.165, 1.54) is 21.6 Å². The standard InChI is InChI=1S/C10H10N4S2/c11-7-1-3-13-5-9(7)15-16-10-6-14-4-2-8(10)12/h1-6H,(H2,11,13)(H2,12,14). The van der Waals surface area contributed by atoms with Gasteiger partial charge in [-0.05, 0) is 33.7 Å². The minimum atomic E-state index is 0.718. The maximum absolute atomic E-state index is 5.80. The predicted molar refractivity (Wildman–Crippen MR) is 69.0 cm³/mol. The molecule has 0 aliphatic carbocycles. The van der Waals surface area contributed by atoms with Gasteiger partial charge in [0.25, 0.3) is 0 Å². The minimum absolute atomic E-state index is 0.718. The minimum Gasteiger partial charge on any atom is -0.398 e. The molecule has 0 aromatic carbocycles. The molecular formula is C10H10N4S2. The van der Waals surface area contributed by atoms with Crippen molar-refractivity contribution in [2.75, 3.05) is 11.5 Å². The molecule has 2 aromatic heterocycles. The molecule has 2 aromatic rings. The van der Waals surface area contributed by atoms with Crippen LogP contribution >= 0.6 is 21.6 Å². The average molecular weight is 250 g/mol. The highest BCUT2D eigenvalue weighted by Gasteiger charge is 2.04. The Morgan fingerprint density at radius 2 is 1.25 bits per heavy atom. The smallest absolute Gasteiger partial charge is 0.0599 e. The fourth-order valence-corrected chi connectivity index (χ4v) is 3.10. The van der Waals surface area contributed by atoms with Crippen molar-refractivity contribution in [2.45, 2.75) is 9.79 Å². The Morgan fingerprint density at radius 1 is 0.812 bits per heavy atom. The monoisotopic (exact) mass is 250 g/mol. The van der Waals surface area contributed by atoms with Crippen molar-refractivity contribution < 1.29 is 0 Å². The maximum atomic E-state index is 5.80. The molecule has 2 rings (SSSR count). The number of nitrogens with zero attached hydrogens (tertiary/aromatic N) is 2. The summed E-state index contributed by atoms with van der Waals surface area (Å²) in [7, 11) is 3.05. The summed E-state index contributed by atoms with van der Waals surface area (Å²) in [5.74, 6) is 0. The van der Waals surface area contributed by atoms with Gasteiger partial charge in [0.15, 0.2) is 0 Å². The zero-order valence-corrected chi connectivity index (χ0v) is 9.96. The number of hydrogen-bond acceptors (Lipinski definition) is 6. The molecule has 0 aliphatic heterocycles. The van der Waals surface area contributed by atoms with Gasteiger partial charge in [-0.15, -0.1) is 0 Å². The van der Waals surface area contributed by atoms with Gasteiger partial charge in [-0.3, -0.25) is 9.97 Å². The summed E-state index contributed by atoms with van der Waals surface area (Å²) < 4.78 is 0. The summed E-state index contributed by atoms with van der Waals surface area (Å²) in [6.07, 6.45) is 6.81. The van der Waals surface area contributed by atoms with E-state index >= 15 is 0 Å². The normalized spacial score (nSPS) is 10.2. The van der Waals surface area contributed by atoms with E-state index < -0.39 is 0 Å². The molecule has 82 valence electrons. The van der Waals surface area contributed by atoms with Crippen LogP contribution in [0.2, 0.25) is 0 Å². The fraction of sp³-hybridized carbons (Fsp3) is 0. The van der Waals surface area contributed by atoms with Crippen LogP contribution in [0, 0.1) is 0 Å². The fourth-order valence-electron chi connectivity index (χ4n) is 1.01. The lowest BCUT2D eigenvalue weighted by Gasteiger charge is -2.04. The average Bonchev–Trinajstić information content (AvgIpc) is 2.30. The van der Waals surface area contributed by atoms with E-state index in [0.29, 0.717) is 0 Å². The molecule has 4 nitrogen and oxygen atoms in total. The van der Waals surface area contributed by atoms with Crippen molar-refractivity contribution in [1.29, 1.82) is 0 Å². The van der Waals surface area contributed by atoms with E-state index in [0.717, 1.165) is 21.2 Å². The molecule has 0 amide bonds. The number of pyridine rings is 2. The second kappa shape index (κ2) is 5.09. The molecule has 0 fully saturated rings. The van der Waals surface area contributed by atoms with E-state index in [9.17, 15) is 0 Å². The molecule has 2 heterocycles. The number of aromatic nitrogens is 2. The lowest BCUT2D eigenvalue weighted by atomic mass is 10.4. The van der Waals surface area contributed by atoms with Gasteiger partial charge >= 0.3 is 0 Å². The maximum Gasteiger partial charge on any atom is 0.0599 e. The Labute approximate surface area is 101 Å². The van der Waals surface area contributed by atoms with Crippen molar-refractivity contribution >= 4 is 33.0 Å². The SMILES string of the molecule is Nc1ccncc1SSc1cnccc1N. The molecule has 0 saturated carbocycles. The lowest BCUT2D eigenvalue weighted by molar-refractivity contribution is 1.24. The van der Waals surface area contributed by atoms with E-state index in [1.807, 2.05) is 0 Å². The van der Waals surface area contributed by atoms with Crippen LogP contribution in [0.1, 0.15) is 0 Å². The van der Waals surface area contributed by atoms with E-state index in [1.54, 1.807) is 36.9 Å². The van der Waals surface area contributed by atoms with Gasteiger partial charge in [-0.2, -0.15) is 0 Å². The Morgan fingerprint density at radius 3 is 1.62 bits per heavy atom. The number of nitrogen functional groups attached to an aromatic ring is 2. The molecule has 0 unspecified atom stereocenters. The number of nitrogens with two attached hydrogens (primary N) is 2. The molecule has 0 saturated heterocycles.